The van der Waals surface area contributed by atoms with Gasteiger partial charge in [-0.15, -0.1) is 0 Å². The maximum absolute atomic E-state index is 6.43. The van der Waals surface area contributed by atoms with Crippen LogP contribution in [0.2, 0.25) is 5.02 Å². The zero-order chi connectivity index (χ0) is 18.3. The number of benzene rings is 2. The summed E-state index contributed by atoms with van der Waals surface area (Å²) in [6.45, 7) is 0. The van der Waals surface area contributed by atoms with E-state index in [0.717, 1.165) is 22.4 Å². The number of hydrogen-bond donors (Lipinski definition) is 3. The van der Waals surface area contributed by atoms with Crippen LogP contribution in [0.1, 0.15) is 0 Å². The van der Waals surface area contributed by atoms with E-state index in [9.17, 15) is 0 Å². The summed E-state index contributed by atoms with van der Waals surface area (Å²) in [6, 6.07) is 15.1. The molecule has 0 radical (unpaired) electrons. The minimum absolute atomic E-state index is 0.311. The molecule has 4 rings (SSSR count). The molecule has 0 spiro atoms. The summed E-state index contributed by atoms with van der Waals surface area (Å²) in [5.41, 5.74) is 16.0. The van der Waals surface area contributed by atoms with Crippen LogP contribution in [0, 0.1) is 0 Å². The third-order valence-electron chi connectivity index (χ3n) is 4.26. The molecule has 0 atom stereocenters. The number of nitrogen functional groups attached to an aromatic ring is 2. The van der Waals surface area contributed by atoms with Crippen molar-refractivity contribution in [3.63, 3.8) is 0 Å². The van der Waals surface area contributed by atoms with E-state index in [1.54, 1.807) is 7.11 Å². The van der Waals surface area contributed by atoms with E-state index in [0.29, 0.717) is 33.3 Å². The van der Waals surface area contributed by atoms with Crippen LogP contribution in [0.5, 0.6) is 5.75 Å². The van der Waals surface area contributed by atoms with Gasteiger partial charge in [-0.25, -0.2) is 4.98 Å². The van der Waals surface area contributed by atoms with Crippen molar-refractivity contribution >= 4 is 34.1 Å². The molecule has 0 aliphatic rings. The first-order valence-corrected chi connectivity index (χ1v) is 8.30. The second-order valence-corrected chi connectivity index (χ2v) is 6.20. The van der Waals surface area contributed by atoms with Gasteiger partial charge in [-0.1, -0.05) is 41.9 Å². The number of anilines is 2. The van der Waals surface area contributed by atoms with Crippen molar-refractivity contribution in [2.75, 3.05) is 18.6 Å². The molecule has 0 saturated carbocycles. The van der Waals surface area contributed by atoms with Crippen LogP contribution in [0.3, 0.4) is 0 Å². The average molecular weight is 366 g/mol. The summed E-state index contributed by atoms with van der Waals surface area (Å²) in [7, 11) is 1.62. The number of pyridine rings is 1. The Balaban J connectivity index is 2.15. The quantitative estimate of drug-likeness (QED) is 0.506. The first-order chi connectivity index (χ1) is 12.6. The van der Waals surface area contributed by atoms with Gasteiger partial charge in [0, 0.05) is 16.1 Å². The molecule has 0 saturated heterocycles. The molecule has 4 aromatic rings. The lowest BCUT2D eigenvalue weighted by atomic mass is 9.95. The second-order valence-electron chi connectivity index (χ2n) is 5.79. The normalized spacial score (nSPS) is 11.0. The fourth-order valence-corrected chi connectivity index (χ4v) is 3.28. The number of H-pyrrole nitrogens is 1. The Kier molecular flexibility index (Phi) is 3.89. The van der Waals surface area contributed by atoms with Crippen molar-refractivity contribution in [2.45, 2.75) is 0 Å². The van der Waals surface area contributed by atoms with Crippen LogP contribution in [-0.2, 0) is 0 Å². The highest BCUT2D eigenvalue weighted by Crippen LogP contribution is 2.42. The first-order valence-electron chi connectivity index (χ1n) is 7.92. The highest BCUT2D eigenvalue weighted by atomic mass is 35.5. The zero-order valence-corrected chi connectivity index (χ0v) is 14.7. The van der Waals surface area contributed by atoms with Crippen molar-refractivity contribution in [3.05, 3.63) is 53.6 Å². The van der Waals surface area contributed by atoms with E-state index >= 15 is 0 Å². The van der Waals surface area contributed by atoms with Gasteiger partial charge in [-0.2, -0.15) is 5.10 Å². The minimum atomic E-state index is 0.311. The van der Waals surface area contributed by atoms with E-state index in [1.165, 1.54) is 0 Å². The van der Waals surface area contributed by atoms with Crippen molar-refractivity contribution in [2.24, 2.45) is 0 Å². The summed E-state index contributed by atoms with van der Waals surface area (Å²) in [4.78, 5) is 4.60. The van der Waals surface area contributed by atoms with Gasteiger partial charge < -0.3 is 16.2 Å². The zero-order valence-electron chi connectivity index (χ0n) is 14.0. The Hall–Kier alpha value is -3.25. The smallest absolute Gasteiger partial charge is 0.153 e. The molecule has 0 amide bonds. The molecule has 6 nitrogen and oxygen atoms in total. The van der Waals surface area contributed by atoms with Gasteiger partial charge in [0.05, 0.1) is 18.2 Å². The number of ether oxygens (including phenoxy) is 1. The molecule has 26 heavy (non-hydrogen) atoms. The molecule has 0 bridgehead atoms. The predicted molar refractivity (Wildman–Crippen MR) is 105 cm³/mol. The average Bonchev–Trinajstić information content (AvgIpc) is 3.04. The van der Waals surface area contributed by atoms with E-state index in [4.69, 9.17) is 27.8 Å². The summed E-state index contributed by atoms with van der Waals surface area (Å²) in [5, 5.41) is 8.26. The maximum atomic E-state index is 6.43. The topological polar surface area (TPSA) is 103 Å². The Morgan fingerprint density at radius 3 is 2.62 bits per heavy atom. The molecule has 0 unspecified atom stereocenters. The summed E-state index contributed by atoms with van der Waals surface area (Å²) < 4.78 is 5.37. The van der Waals surface area contributed by atoms with E-state index in [-0.39, 0.29) is 0 Å². The molecule has 0 aliphatic heterocycles. The van der Waals surface area contributed by atoms with Crippen LogP contribution in [0.15, 0.2) is 48.5 Å². The number of fused-ring (bicyclic) bond motifs is 1. The fraction of sp³-hybridized carbons (Fsp3) is 0.0526. The number of nitrogens with one attached hydrogen (secondary N) is 1. The van der Waals surface area contributed by atoms with Crippen LogP contribution in [0.4, 0.5) is 11.6 Å². The van der Waals surface area contributed by atoms with E-state index in [2.05, 4.69) is 15.2 Å². The van der Waals surface area contributed by atoms with Gasteiger partial charge in [-0.05, 0) is 23.8 Å². The number of halogens is 1. The molecule has 7 heteroatoms. The molecule has 0 fully saturated rings. The number of aromatic nitrogens is 3. The molecule has 130 valence electrons. The third-order valence-corrected chi connectivity index (χ3v) is 4.59. The summed E-state index contributed by atoms with van der Waals surface area (Å²) in [5.74, 6) is 1.38. The molecule has 2 aromatic heterocycles. The van der Waals surface area contributed by atoms with Crippen LogP contribution in [-0.4, -0.2) is 22.3 Å². The molecule has 0 aliphatic carbocycles. The summed E-state index contributed by atoms with van der Waals surface area (Å²) in [6.07, 6.45) is 0. The molecular weight excluding hydrogens is 350 g/mol. The lowest BCUT2D eigenvalue weighted by Crippen LogP contribution is -1.99. The summed E-state index contributed by atoms with van der Waals surface area (Å²) >= 11 is 6.43. The number of aromatic amines is 1. The Bertz CT molecular complexity index is 1120. The number of hydrogen-bond acceptors (Lipinski definition) is 5. The lowest BCUT2D eigenvalue weighted by molar-refractivity contribution is 0.415. The minimum Gasteiger partial charge on any atom is -0.497 e. The van der Waals surface area contributed by atoms with Crippen molar-refractivity contribution in [3.8, 4) is 28.1 Å². The first kappa shape index (κ1) is 16.2. The highest BCUT2D eigenvalue weighted by Gasteiger charge is 2.21. The van der Waals surface area contributed by atoms with Crippen molar-refractivity contribution in [1.82, 2.24) is 15.2 Å². The Labute approximate surface area is 154 Å². The molecule has 2 heterocycles. The van der Waals surface area contributed by atoms with Crippen LogP contribution < -0.4 is 16.2 Å². The second kappa shape index (κ2) is 6.24. The molecular formula is C19H16ClN5O. The Morgan fingerprint density at radius 1 is 1.04 bits per heavy atom. The number of methoxy groups -OCH3 is 1. The van der Waals surface area contributed by atoms with Crippen molar-refractivity contribution in [1.29, 1.82) is 0 Å². The standard InChI is InChI=1S/C19H16ClN5O/c1-26-11-6-4-5-10(9-11)14-15-17(24-25-18(15)21)19(22)23-16(14)12-7-2-3-8-13(12)20/h2-9H,1H3,(H2,22,23)(H3,21,24,25). The fourth-order valence-electron chi connectivity index (χ4n) is 3.05. The highest BCUT2D eigenvalue weighted by molar-refractivity contribution is 6.33. The van der Waals surface area contributed by atoms with E-state index in [1.807, 2.05) is 48.5 Å². The SMILES string of the molecule is COc1cccc(-c2c(-c3ccccc3Cl)nc(N)c3[nH]nc(N)c23)c1. The number of nitrogens with zero attached hydrogens (tertiary/aromatic N) is 2. The van der Waals surface area contributed by atoms with Gasteiger partial charge in [-0.3, -0.25) is 5.10 Å². The van der Waals surface area contributed by atoms with Gasteiger partial charge in [0.15, 0.2) is 5.82 Å². The Morgan fingerprint density at radius 2 is 1.85 bits per heavy atom. The number of nitrogens with two attached hydrogens (primary N) is 2. The van der Waals surface area contributed by atoms with Gasteiger partial charge in [0.1, 0.15) is 17.1 Å². The van der Waals surface area contributed by atoms with Gasteiger partial charge >= 0.3 is 0 Å². The lowest BCUT2D eigenvalue weighted by Gasteiger charge is -2.14. The largest absolute Gasteiger partial charge is 0.497 e. The van der Waals surface area contributed by atoms with Crippen molar-refractivity contribution < 1.29 is 4.74 Å². The molecule has 5 N–H and O–H groups in total. The van der Waals surface area contributed by atoms with Gasteiger partial charge in [0.2, 0.25) is 0 Å². The maximum Gasteiger partial charge on any atom is 0.153 e. The predicted octanol–water partition coefficient (Wildman–Crippen LogP) is 4.12. The molecule has 2 aromatic carbocycles. The van der Waals surface area contributed by atoms with Crippen LogP contribution >= 0.6 is 11.6 Å². The third kappa shape index (κ3) is 2.51. The van der Waals surface area contributed by atoms with E-state index < -0.39 is 0 Å². The monoisotopic (exact) mass is 365 g/mol. The van der Waals surface area contributed by atoms with Gasteiger partial charge in [0.25, 0.3) is 0 Å². The van der Waals surface area contributed by atoms with Crippen LogP contribution in [0.25, 0.3) is 33.3 Å². The number of rotatable bonds is 3.